The van der Waals surface area contributed by atoms with Crippen molar-refractivity contribution < 1.29 is 9.21 Å². The van der Waals surface area contributed by atoms with Gasteiger partial charge in [0.05, 0.1) is 22.4 Å². The summed E-state index contributed by atoms with van der Waals surface area (Å²) < 4.78 is 5.84. The summed E-state index contributed by atoms with van der Waals surface area (Å²) in [6.45, 7) is 1.24. The van der Waals surface area contributed by atoms with Gasteiger partial charge >= 0.3 is 0 Å². The van der Waals surface area contributed by atoms with Crippen LogP contribution in [0.15, 0.2) is 46.2 Å². The smallest absolute Gasteiger partial charge is 0.257 e. The van der Waals surface area contributed by atoms with Gasteiger partial charge in [0.1, 0.15) is 0 Å². The van der Waals surface area contributed by atoms with E-state index in [1.165, 1.54) is 0 Å². The number of hydrogen-bond acceptors (Lipinski definition) is 6. The van der Waals surface area contributed by atoms with E-state index >= 15 is 0 Å². The molecular weight excluding hydrogens is 348 g/mol. The zero-order valence-electron chi connectivity index (χ0n) is 14.0. The highest BCUT2D eigenvalue weighted by molar-refractivity contribution is 7.13. The third-order valence-corrected chi connectivity index (χ3v) is 5.33. The number of piperidine rings is 1. The number of rotatable bonds is 3. The molecule has 1 fully saturated rings. The molecule has 0 bridgehead atoms. The van der Waals surface area contributed by atoms with Crippen LogP contribution in [0.3, 0.4) is 0 Å². The van der Waals surface area contributed by atoms with Crippen LogP contribution in [0.4, 0.5) is 0 Å². The molecule has 0 spiro atoms. The van der Waals surface area contributed by atoms with Crippen LogP contribution in [0.25, 0.3) is 10.8 Å². The lowest BCUT2D eigenvalue weighted by Crippen LogP contribution is -2.39. The van der Waals surface area contributed by atoms with Gasteiger partial charge in [-0.3, -0.25) is 4.79 Å². The summed E-state index contributed by atoms with van der Waals surface area (Å²) in [5, 5.41) is 19.3. The van der Waals surface area contributed by atoms with E-state index in [4.69, 9.17) is 9.68 Å². The maximum absolute atomic E-state index is 12.8. The molecule has 0 aliphatic carbocycles. The Kier molecular flexibility index (Phi) is 4.50. The van der Waals surface area contributed by atoms with E-state index in [0.29, 0.717) is 36.0 Å². The van der Waals surface area contributed by atoms with E-state index in [0.717, 1.165) is 17.7 Å². The molecule has 4 rings (SSSR count). The van der Waals surface area contributed by atoms with E-state index in [2.05, 4.69) is 16.3 Å². The molecule has 130 valence electrons. The molecule has 1 unspecified atom stereocenters. The lowest BCUT2D eigenvalue weighted by Gasteiger charge is -2.31. The molecule has 6 nitrogen and oxygen atoms in total. The van der Waals surface area contributed by atoms with E-state index in [1.54, 1.807) is 40.5 Å². The van der Waals surface area contributed by atoms with Gasteiger partial charge in [0, 0.05) is 18.7 Å². The van der Waals surface area contributed by atoms with Crippen molar-refractivity contribution in [3.8, 4) is 16.8 Å². The van der Waals surface area contributed by atoms with Crippen LogP contribution in [0.5, 0.6) is 0 Å². The first kappa shape index (κ1) is 16.5. The highest BCUT2D eigenvalue weighted by Gasteiger charge is 2.29. The molecular formula is C19H16N4O2S. The SMILES string of the molecule is N#Cc1cccc(C(=O)N2CCCC(c3nnc(-c4cccs4)o3)C2)c1. The van der Waals surface area contributed by atoms with Crippen molar-refractivity contribution >= 4 is 17.2 Å². The fourth-order valence-corrected chi connectivity index (χ4v) is 3.81. The molecule has 1 atom stereocenters. The Morgan fingerprint density at radius 2 is 2.23 bits per heavy atom. The summed E-state index contributed by atoms with van der Waals surface area (Å²) in [5.41, 5.74) is 1.02. The summed E-state index contributed by atoms with van der Waals surface area (Å²) in [5.74, 6) is 1.08. The highest BCUT2D eigenvalue weighted by Crippen LogP contribution is 2.30. The van der Waals surface area contributed by atoms with Gasteiger partial charge in [-0.1, -0.05) is 12.1 Å². The number of hydrogen-bond donors (Lipinski definition) is 0. The van der Waals surface area contributed by atoms with Crippen LogP contribution in [0.2, 0.25) is 0 Å². The van der Waals surface area contributed by atoms with Crippen LogP contribution < -0.4 is 0 Å². The minimum absolute atomic E-state index is 0.0352. The Bertz CT molecular complexity index is 958. The second kappa shape index (κ2) is 7.10. The van der Waals surface area contributed by atoms with Gasteiger partial charge in [0.2, 0.25) is 5.89 Å². The van der Waals surface area contributed by atoms with E-state index in [-0.39, 0.29) is 11.8 Å². The number of aromatic nitrogens is 2. The quantitative estimate of drug-likeness (QED) is 0.708. The second-order valence-electron chi connectivity index (χ2n) is 6.21. The average molecular weight is 364 g/mol. The molecule has 0 saturated carbocycles. The number of nitrogens with zero attached hydrogens (tertiary/aromatic N) is 4. The summed E-state index contributed by atoms with van der Waals surface area (Å²) in [4.78, 5) is 15.5. The first-order valence-corrected chi connectivity index (χ1v) is 9.29. The Morgan fingerprint density at radius 1 is 1.31 bits per heavy atom. The fraction of sp³-hybridized carbons (Fsp3) is 0.263. The first-order chi connectivity index (χ1) is 12.7. The molecule has 1 aromatic carbocycles. The summed E-state index contributed by atoms with van der Waals surface area (Å²) >= 11 is 1.56. The highest BCUT2D eigenvalue weighted by atomic mass is 32.1. The van der Waals surface area contributed by atoms with Crippen molar-refractivity contribution in [2.24, 2.45) is 0 Å². The number of thiophene rings is 1. The van der Waals surface area contributed by atoms with Crippen LogP contribution >= 0.6 is 11.3 Å². The average Bonchev–Trinajstić information content (AvgIpc) is 3.39. The Hall–Kier alpha value is -2.98. The van der Waals surface area contributed by atoms with Gasteiger partial charge in [0.15, 0.2) is 0 Å². The number of amides is 1. The number of benzene rings is 1. The Morgan fingerprint density at radius 3 is 3.04 bits per heavy atom. The Labute approximate surface area is 154 Å². The van der Waals surface area contributed by atoms with Crippen molar-refractivity contribution in [2.75, 3.05) is 13.1 Å². The van der Waals surface area contributed by atoms with Crippen molar-refractivity contribution in [3.63, 3.8) is 0 Å². The molecule has 1 aliphatic heterocycles. The zero-order chi connectivity index (χ0) is 17.9. The van der Waals surface area contributed by atoms with Gasteiger partial charge < -0.3 is 9.32 Å². The van der Waals surface area contributed by atoms with Crippen LogP contribution in [-0.4, -0.2) is 34.1 Å². The summed E-state index contributed by atoms with van der Waals surface area (Å²) in [7, 11) is 0. The van der Waals surface area contributed by atoms with Gasteiger partial charge in [-0.25, -0.2) is 0 Å². The standard InChI is InChI=1S/C19H16N4O2S/c20-11-13-4-1-5-14(10-13)19(24)23-8-2-6-15(12-23)17-21-22-18(25-17)16-7-3-9-26-16/h1,3-5,7,9-10,15H,2,6,8,12H2. The maximum Gasteiger partial charge on any atom is 0.257 e. The van der Waals surface area contributed by atoms with E-state index < -0.39 is 0 Å². The number of carbonyl (C=O) groups is 1. The minimum atomic E-state index is -0.0650. The van der Waals surface area contributed by atoms with Gasteiger partial charge in [-0.15, -0.1) is 21.5 Å². The van der Waals surface area contributed by atoms with Gasteiger partial charge in [-0.2, -0.15) is 5.26 Å². The topological polar surface area (TPSA) is 83.0 Å². The summed E-state index contributed by atoms with van der Waals surface area (Å²) in [6.07, 6.45) is 1.79. The predicted octanol–water partition coefficient (Wildman–Crippen LogP) is 3.69. The molecule has 1 saturated heterocycles. The van der Waals surface area contributed by atoms with Crippen molar-refractivity contribution in [2.45, 2.75) is 18.8 Å². The van der Waals surface area contributed by atoms with Gasteiger partial charge in [-0.05, 0) is 42.5 Å². The molecule has 0 N–H and O–H groups in total. The number of likely N-dealkylation sites (tertiary alicyclic amines) is 1. The minimum Gasteiger partial charge on any atom is -0.420 e. The van der Waals surface area contributed by atoms with Crippen molar-refractivity contribution in [1.29, 1.82) is 5.26 Å². The molecule has 2 aromatic heterocycles. The fourth-order valence-electron chi connectivity index (χ4n) is 3.17. The second-order valence-corrected chi connectivity index (χ2v) is 7.15. The molecule has 0 radical (unpaired) electrons. The molecule has 1 aliphatic rings. The number of carbonyl (C=O) groups excluding carboxylic acids is 1. The third-order valence-electron chi connectivity index (χ3n) is 4.47. The lowest BCUT2D eigenvalue weighted by atomic mass is 9.97. The first-order valence-electron chi connectivity index (χ1n) is 8.41. The molecule has 26 heavy (non-hydrogen) atoms. The molecule has 1 amide bonds. The predicted molar refractivity (Wildman–Crippen MR) is 96.6 cm³/mol. The third kappa shape index (κ3) is 3.24. The van der Waals surface area contributed by atoms with Crippen LogP contribution in [0, 0.1) is 11.3 Å². The van der Waals surface area contributed by atoms with Crippen molar-refractivity contribution in [1.82, 2.24) is 15.1 Å². The van der Waals surface area contributed by atoms with Crippen LogP contribution in [0.1, 0.15) is 40.6 Å². The maximum atomic E-state index is 12.8. The lowest BCUT2D eigenvalue weighted by molar-refractivity contribution is 0.0698. The van der Waals surface area contributed by atoms with E-state index in [9.17, 15) is 4.79 Å². The van der Waals surface area contributed by atoms with Crippen molar-refractivity contribution in [3.05, 3.63) is 58.8 Å². The molecule has 7 heteroatoms. The Balaban J connectivity index is 1.51. The number of nitriles is 1. The zero-order valence-corrected chi connectivity index (χ0v) is 14.8. The van der Waals surface area contributed by atoms with Gasteiger partial charge in [0.25, 0.3) is 11.8 Å². The van der Waals surface area contributed by atoms with E-state index in [1.807, 2.05) is 17.5 Å². The normalized spacial score (nSPS) is 17.0. The summed E-state index contributed by atoms with van der Waals surface area (Å²) in [6, 6.07) is 12.8. The largest absolute Gasteiger partial charge is 0.420 e. The molecule has 3 heterocycles. The molecule has 3 aromatic rings. The van der Waals surface area contributed by atoms with Crippen LogP contribution in [-0.2, 0) is 0 Å². The monoisotopic (exact) mass is 364 g/mol.